The monoisotopic (exact) mass is 352 g/mol. The summed E-state index contributed by atoms with van der Waals surface area (Å²) in [7, 11) is 0. The number of amides is 2. The van der Waals surface area contributed by atoms with Gasteiger partial charge in [0, 0.05) is 26.2 Å². The molecule has 1 aliphatic heterocycles. The van der Waals surface area contributed by atoms with Crippen molar-refractivity contribution in [3.05, 3.63) is 48.2 Å². The van der Waals surface area contributed by atoms with Crippen molar-refractivity contribution in [2.45, 2.75) is 26.7 Å². The third kappa shape index (κ3) is 4.39. The molecule has 0 radical (unpaired) electrons. The number of rotatable bonds is 4. The summed E-state index contributed by atoms with van der Waals surface area (Å²) in [4.78, 5) is 30.8. The molecule has 6 nitrogen and oxygen atoms in total. The highest BCUT2D eigenvalue weighted by Crippen LogP contribution is 2.26. The van der Waals surface area contributed by atoms with Crippen LogP contribution in [0.4, 0.5) is 17.2 Å². The number of nitrogens with zero attached hydrogens (tertiary/aromatic N) is 2. The summed E-state index contributed by atoms with van der Waals surface area (Å²) in [6, 6.07) is 11.4. The van der Waals surface area contributed by atoms with Gasteiger partial charge in [-0.2, -0.15) is 0 Å². The normalized spacial score (nSPS) is 16.8. The third-order valence-corrected chi connectivity index (χ3v) is 4.51. The summed E-state index contributed by atoms with van der Waals surface area (Å²) < 4.78 is 0. The molecule has 1 aliphatic rings. The van der Waals surface area contributed by atoms with Gasteiger partial charge in [-0.25, -0.2) is 4.98 Å². The molecule has 1 aromatic heterocycles. The SMILES string of the molecule is CC(=O)Nc1ccc(C)cc1NC(=O)C1CCCN(c2ccccn2)C1. The van der Waals surface area contributed by atoms with E-state index in [1.54, 1.807) is 6.20 Å². The highest BCUT2D eigenvalue weighted by atomic mass is 16.2. The molecule has 3 rings (SSSR count). The smallest absolute Gasteiger partial charge is 0.229 e. The number of benzene rings is 1. The highest BCUT2D eigenvalue weighted by Gasteiger charge is 2.27. The van der Waals surface area contributed by atoms with E-state index in [-0.39, 0.29) is 17.7 Å². The van der Waals surface area contributed by atoms with Gasteiger partial charge in [0.2, 0.25) is 11.8 Å². The molecule has 1 unspecified atom stereocenters. The minimum Gasteiger partial charge on any atom is -0.356 e. The quantitative estimate of drug-likeness (QED) is 0.886. The fourth-order valence-corrected chi connectivity index (χ4v) is 3.23. The number of aromatic nitrogens is 1. The summed E-state index contributed by atoms with van der Waals surface area (Å²) in [5.41, 5.74) is 2.28. The van der Waals surface area contributed by atoms with Gasteiger partial charge in [-0.05, 0) is 49.6 Å². The second-order valence-corrected chi connectivity index (χ2v) is 6.69. The molecule has 136 valence electrons. The van der Waals surface area contributed by atoms with Gasteiger partial charge in [0.15, 0.2) is 0 Å². The van der Waals surface area contributed by atoms with Gasteiger partial charge in [0.25, 0.3) is 0 Å². The van der Waals surface area contributed by atoms with Crippen LogP contribution in [0, 0.1) is 12.8 Å². The van der Waals surface area contributed by atoms with E-state index in [1.807, 2.05) is 43.3 Å². The standard InChI is InChI=1S/C20H24N4O2/c1-14-8-9-17(22-15(2)25)18(12-14)23-20(26)16-6-5-11-24(13-16)19-7-3-4-10-21-19/h3-4,7-10,12,16H,5-6,11,13H2,1-2H3,(H,22,25)(H,23,26). The van der Waals surface area contributed by atoms with Crippen LogP contribution in [0.25, 0.3) is 0 Å². The largest absolute Gasteiger partial charge is 0.356 e. The number of piperidine rings is 1. The molecule has 0 spiro atoms. The number of carbonyl (C=O) groups excluding carboxylic acids is 2. The van der Waals surface area contributed by atoms with Crippen LogP contribution in [-0.2, 0) is 9.59 Å². The van der Waals surface area contributed by atoms with Crippen LogP contribution in [0.5, 0.6) is 0 Å². The topological polar surface area (TPSA) is 74.3 Å². The van der Waals surface area contributed by atoms with Crippen LogP contribution >= 0.6 is 0 Å². The summed E-state index contributed by atoms with van der Waals surface area (Å²) in [5, 5.41) is 5.77. The van der Waals surface area contributed by atoms with Crippen LogP contribution in [0.2, 0.25) is 0 Å². The molecule has 2 heterocycles. The van der Waals surface area contributed by atoms with E-state index in [0.29, 0.717) is 17.9 Å². The van der Waals surface area contributed by atoms with Gasteiger partial charge in [-0.3, -0.25) is 9.59 Å². The Morgan fingerprint density at radius 2 is 2.00 bits per heavy atom. The Hall–Kier alpha value is -2.89. The Morgan fingerprint density at radius 1 is 1.15 bits per heavy atom. The van der Waals surface area contributed by atoms with Gasteiger partial charge < -0.3 is 15.5 Å². The van der Waals surface area contributed by atoms with Gasteiger partial charge in [0.1, 0.15) is 5.82 Å². The average Bonchev–Trinajstić information content (AvgIpc) is 2.64. The molecular formula is C20H24N4O2. The lowest BCUT2D eigenvalue weighted by Gasteiger charge is -2.33. The first-order valence-corrected chi connectivity index (χ1v) is 8.88. The molecule has 26 heavy (non-hydrogen) atoms. The number of hydrogen-bond acceptors (Lipinski definition) is 4. The molecular weight excluding hydrogens is 328 g/mol. The maximum absolute atomic E-state index is 12.8. The van der Waals surface area contributed by atoms with Crippen LogP contribution < -0.4 is 15.5 Å². The summed E-state index contributed by atoms with van der Waals surface area (Å²) in [5.74, 6) is 0.599. The van der Waals surface area contributed by atoms with Crippen molar-refractivity contribution in [3.63, 3.8) is 0 Å². The van der Waals surface area contributed by atoms with Gasteiger partial charge in [0.05, 0.1) is 17.3 Å². The maximum Gasteiger partial charge on any atom is 0.229 e. The molecule has 2 aromatic rings. The molecule has 2 N–H and O–H groups in total. The van der Waals surface area contributed by atoms with Crippen molar-refractivity contribution in [1.29, 1.82) is 0 Å². The summed E-state index contributed by atoms with van der Waals surface area (Å²) in [6.07, 6.45) is 3.56. The van der Waals surface area contributed by atoms with E-state index < -0.39 is 0 Å². The Bertz CT molecular complexity index is 792. The average molecular weight is 352 g/mol. The van der Waals surface area contributed by atoms with Crippen molar-refractivity contribution in [1.82, 2.24) is 4.98 Å². The zero-order valence-electron chi connectivity index (χ0n) is 15.2. The lowest BCUT2D eigenvalue weighted by atomic mass is 9.97. The first-order chi connectivity index (χ1) is 12.5. The summed E-state index contributed by atoms with van der Waals surface area (Å²) >= 11 is 0. The number of hydrogen-bond donors (Lipinski definition) is 2. The number of aryl methyl sites for hydroxylation is 1. The second-order valence-electron chi connectivity index (χ2n) is 6.69. The Morgan fingerprint density at radius 3 is 2.73 bits per heavy atom. The van der Waals surface area contributed by atoms with E-state index in [2.05, 4.69) is 20.5 Å². The minimum atomic E-state index is -0.164. The van der Waals surface area contributed by atoms with Crippen molar-refractivity contribution in [3.8, 4) is 0 Å². The Balaban J connectivity index is 1.72. The predicted molar refractivity (Wildman–Crippen MR) is 103 cm³/mol. The highest BCUT2D eigenvalue weighted by molar-refractivity contribution is 6.00. The van der Waals surface area contributed by atoms with Crippen LogP contribution in [0.15, 0.2) is 42.6 Å². The van der Waals surface area contributed by atoms with Crippen molar-refractivity contribution in [2.75, 3.05) is 28.6 Å². The molecule has 0 saturated carbocycles. The molecule has 1 atom stereocenters. The predicted octanol–water partition coefficient (Wildman–Crippen LogP) is 3.20. The molecule has 1 fully saturated rings. The zero-order valence-corrected chi connectivity index (χ0v) is 15.2. The van der Waals surface area contributed by atoms with Crippen LogP contribution in [0.3, 0.4) is 0 Å². The lowest BCUT2D eigenvalue weighted by molar-refractivity contribution is -0.120. The molecule has 1 saturated heterocycles. The van der Waals surface area contributed by atoms with E-state index in [9.17, 15) is 9.59 Å². The van der Waals surface area contributed by atoms with Crippen molar-refractivity contribution < 1.29 is 9.59 Å². The molecule has 0 aliphatic carbocycles. The fourth-order valence-electron chi connectivity index (χ4n) is 3.23. The Labute approximate surface area is 153 Å². The van der Waals surface area contributed by atoms with Crippen molar-refractivity contribution >= 4 is 29.0 Å². The maximum atomic E-state index is 12.8. The number of carbonyl (C=O) groups is 2. The van der Waals surface area contributed by atoms with E-state index in [4.69, 9.17) is 0 Å². The van der Waals surface area contributed by atoms with Crippen molar-refractivity contribution in [2.24, 2.45) is 5.92 Å². The molecule has 0 bridgehead atoms. The first kappa shape index (κ1) is 17.9. The Kier molecular flexibility index (Phi) is 5.51. The van der Waals surface area contributed by atoms with E-state index in [0.717, 1.165) is 30.8 Å². The van der Waals surface area contributed by atoms with Gasteiger partial charge in [-0.1, -0.05) is 12.1 Å². The number of nitrogens with one attached hydrogen (secondary N) is 2. The number of pyridine rings is 1. The zero-order chi connectivity index (χ0) is 18.5. The minimum absolute atomic E-state index is 0.0252. The first-order valence-electron chi connectivity index (χ1n) is 8.88. The van der Waals surface area contributed by atoms with Gasteiger partial charge >= 0.3 is 0 Å². The van der Waals surface area contributed by atoms with E-state index >= 15 is 0 Å². The summed E-state index contributed by atoms with van der Waals surface area (Å²) in [6.45, 7) is 4.96. The van der Waals surface area contributed by atoms with Gasteiger partial charge in [-0.15, -0.1) is 0 Å². The van der Waals surface area contributed by atoms with Crippen LogP contribution in [-0.4, -0.2) is 29.9 Å². The molecule has 2 amide bonds. The molecule has 1 aromatic carbocycles. The molecule has 6 heteroatoms. The third-order valence-electron chi connectivity index (χ3n) is 4.51. The van der Waals surface area contributed by atoms with Crippen LogP contribution in [0.1, 0.15) is 25.3 Å². The number of anilines is 3. The van der Waals surface area contributed by atoms with E-state index in [1.165, 1.54) is 6.92 Å². The second kappa shape index (κ2) is 7.99. The fraction of sp³-hybridized carbons (Fsp3) is 0.350. The lowest BCUT2D eigenvalue weighted by Crippen LogP contribution is -2.41.